The van der Waals surface area contributed by atoms with Crippen molar-refractivity contribution >= 4 is 22.5 Å². The monoisotopic (exact) mass is 241 g/mol. The number of rotatable bonds is 3. The van der Waals surface area contributed by atoms with Crippen LogP contribution in [-0.4, -0.2) is 12.6 Å². The van der Waals surface area contributed by atoms with Crippen molar-refractivity contribution in [3.8, 4) is 0 Å². The molecule has 0 aliphatic heterocycles. The molecule has 0 heterocycles. The Hall–Kier alpha value is -2.23. The minimum Gasteiger partial charge on any atom is -0.335 e. The number of nitrogens with one attached hydrogen (secondary N) is 1. The van der Waals surface area contributed by atoms with Crippen LogP contribution >= 0.6 is 0 Å². The Morgan fingerprint density at radius 2 is 1.94 bits per heavy atom. The summed E-state index contributed by atoms with van der Waals surface area (Å²) in [4.78, 5) is 11.3. The van der Waals surface area contributed by atoms with Crippen LogP contribution in [0.4, 0.5) is 10.5 Å². The van der Waals surface area contributed by atoms with Crippen molar-refractivity contribution in [2.75, 3.05) is 6.54 Å². The van der Waals surface area contributed by atoms with Gasteiger partial charge in [0, 0.05) is 6.54 Å². The Balaban J connectivity index is 2.12. The predicted octanol–water partition coefficient (Wildman–Crippen LogP) is 4.04. The van der Waals surface area contributed by atoms with Gasteiger partial charge in [-0.3, -0.25) is 0 Å². The van der Waals surface area contributed by atoms with Gasteiger partial charge < -0.3 is 5.32 Å². The lowest BCUT2D eigenvalue weighted by Crippen LogP contribution is -2.19. The number of hydrogen-bond donors (Lipinski definition) is 1. The minimum absolute atomic E-state index is 0.398. The number of azo groups is 1. The van der Waals surface area contributed by atoms with Crippen LogP contribution in [0, 0.1) is 0 Å². The zero-order chi connectivity index (χ0) is 12.8. The largest absolute Gasteiger partial charge is 0.359 e. The first-order chi connectivity index (χ1) is 8.79. The molecule has 0 bridgehead atoms. The van der Waals surface area contributed by atoms with Gasteiger partial charge in [-0.25, -0.2) is 4.79 Å². The second kappa shape index (κ2) is 5.91. The Morgan fingerprint density at radius 1 is 1.17 bits per heavy atom. The number of nitrogens with zero attached hydrogens (tertiary/aromatic N) is 2. The SMILES string of the molecule is CCCNC(=O)N=Nc1ccc2ccccc2c1. The Labute approximate surface area is 106 Å². The second-order valence-electron chi connectivity index (χ2n) is 3.96. The number of carbonyl (C=O) groups is 1. The molecule has 0 saturated carbocycles. The Kier molecular flexibility index (Phi) is 4.02. The number of amides is 2. The van der Waals surface area contributed by atoms with Crippen LogP contribution in [0.5, 0.6) is 0 Å². The maximum atomic E-state index is 11.3. The summed E-state index contributed by atoms with van der Waals surface area (Å²) in [6.07, 6.45) is 0.886. The number of carbonyl (C=O) groups excluding carboxylic acids is 1. The fourth-order valence-corrected chi connectivity index (χ4v) is 1.61. The first kappa shape index (κ1) is 12.2. The maximum absolute atomic E-state index is 11.3. The van der Waals surface area contributed by atoms with Crippen molar-refractivity contribution in [2.24, 2.45) is 10.2 Å². The molecule has 4 heteroatoms. The van der Waals surface area contributed by atoms with E-state index in [0.29, 0.717) is 12.2 Å². The number of hydrogen-bond acceptors (Lipinski definition) is 2. The van der Waals surface area contributed by atoms with E-state index in [1.807, 2.05) is 49.4 Å². The van der Waals surface area contributed by atoms with Gasteiger partial charge in [0.25, 0.3) is 0 Å². The fourth-order valence-electron chi connectivity index (χ4n) is 1.61. The van der Waals surface area contributed by atoms with E-state index in [1.165, 1.54) is 0 Å². The molecule has 2 aromatic carbocycles. The molecule has 0 saturated heterocycles. The van der Waals surface area contributed by atoms with Gasteiger partial charge in [0.1, 0.15) is 0 Å². The third-order valence-corrected chi connectivity index (χ3v) is 2.52. The highest BCUT2D eigenvalue weighted by atomic mass is 16.2. The van der Waals surface area contributed by atoms with Gasteiger partial charge in [0.05, 0.1) is 5.69 Å². The van der Waals surface area contributed by atoms with Crippen molar-refractivity contribution in [2.45, 2.75) is 13.3 Å². The molecule has 0 aromatic heterocycles. The van der Waals surface area contributed by atoms with Crippen LogP contribution in [0.25, 0.3) is 10.8 Å². The average Bonchev–Trinajstić information content (AvgIpc) is 2.42. The quantitative estimate of drug-likeness (QED) is 0.810. The zero-order valence-corrected chi connectivity index (χ0v) is 10.3. The molecular weight excluding hydrogens is 226 g/mol. The third kappa shape index (κ3) is 3.13. The van der Waals surface area contributed by atoms with E-state index in [4.69, 9.17) is 0 Å². The Morgan fingerprint density at radius 3 is 2.72 bits per heavy atom. The fraction of sp³-hybridized carbons (Fsp3) is 0.214. The van der Waals surface area contributed by atoms with Crippen molar-refractivity contribution in [1.29, 1.82) is 0 Å². The van der Waals surface area contributed by atoms with E-state index in [1.54, 1.807) is 0 Å². The number of urea groups is 1. The summed E-state index contributed by atoms with van der Waals surface area (Å²) in [7, 11) is 0. The van der Waals surface area contributed by atoms with Crippen LogP contribution in [0.3, 0.4) is 0 Å². The van der Waals surface area contributed by atoms with Gasteiger partial charge in [-0.15, -0.1) is 5.11 Å². The second-order valence-corrected chi connectivity index (χ2v) is 3.96. The summed E-state index contributed by atoms with van der Waals surface area (Å²) < 4.78 is 0. The highest BCUT2D eigenvalue weighted by molar-refractivity contribution is 5.85. The molecule has 0 unspecified atom stereocenters. The van der Waals surface area contributed by atoms with E-state index in [0.717, 1.165) is 17.2 Å². The molecule has 2 rings (SSSR count). The van der Waals surface area contributed by atoms with E-state index in [9.17, 15) is 4.79 Å². The van der Waals surface area contributed by atoms with Gasteiger partial charge >= 0.3 is 6.03 Å². The number of benzene rings is 2. The van der Waals surface area contributed by atoms with Gasteiger partial charge in [0.2, 0.25) is 0 Å². The van der Waals surface area contributed by atoms with Crippen molar-refractivity contribution in [3.63, 3.8) is 0 Å². The van der Waals surface area contributed by atoms with Gasteiger partial charge in [-0.05, 0) is 29.3 Å². The standard InChI is InChI=1S/C14H15N3O/c1-2-9-15-14(18)17-16-13-8-7-11-5-3-4-6-12(11)10-13/h3-8,10H,2,9H2,1H3,(H,15,18). The molecule has 2 aromatic rings. The van der Waals surface area contributed by atoms with Crippen LogP contribution in [0.1, 0.15) is 13.3 Å². The van der Waals surface area contributed by atoms with Gasteiger partial charge in [-0.1, -0.05) is 42.4 Å². The third-order valence-electron chi connectivity index (χ3n) is 2.52. The lowest BCUT2D eigenvalue weighted by Gasteiger charge is -1.98. The van der Waals surface area contributed by atoms with Crippen molar-refractivity contribution < 1.29 is 4.79 Å². The summed E-state index contributed by atoms with van der Waals surface area (Å²) in [6, 6.07) is 13.3. The molecule has 0 fully saturated rings. The van der Waals surface area contributed by atoms with E-state index >= 15 is 0 Å². The zero-order valence-electron chi connectivity index (χ0n) is 10.3. The summed E-state index contributed by atoms with van der Waals surface area (Å²) >= 11 is 0. The molecule has 0 aliphatic carbocycles. The summed E-state index contributed by atoms with van der Waals surface area (Å²) in [5, 5.41) is 12.4. The molecule has 2 amide bonds. The van der Waals surface area contributed by atoms with E-state index < -0.39 is 6.03 Å². The lowest BCUT2D eigenvalue weighted by molar-refractivity contribution is 0.248. The van der Waals surface area contributed by atoms with E-state index in [-0.39, 0.29) is 0 Å². The predicted molar refractivity (Wildman–Crippen MR) is 72.2 cm³/mol. The summed E-state index contributed by atoms with van der Waals surface area (Å²) in [6.45, 7) is 2.61. The molecule has 0 spiro atoms. The normalized spacial score (nSPS) is 10.9. The summed E-state index contributed by atoms with van der Waals surface area (Å²) in [5.41, 5.74) is 0.681. The number of fused-ring (bicyclic) bond motifs is 1. The van der Waals surface area contributed by atoms with Crippen molar-refractivity contribution in [1.82, 2.24) is 5.32 Å². The van der Waals surface area contributed by atoms with Gasteiger partial charge in [-0.2, -0.15) is 0 Å². The molecule has 0 aliphatic rings. The molecule has 0 atom stereocenters. The smallest absolute Gasteiger partial charge is 0.335 e. The van der Waals surface area contributed by atoms with Crippen LogP contribution in [-0.2, 0) is 0 Å². The summed E-state index contributed by atoms with van der Waals surface area (Å²) in [5.74, 6) is 0. The molecule has 18 heavy (non-hydrogen) atoms. The first-order valence-corrected chi connectivity index (χ1v) is 5.98. The average molecular weight is 241 g/mol. The molecule has 92 valence electrons. The molecule has 0 radical (unpaired) electrons. The minimum atomic E-state index is -0.398. The van der Waals surface area contributed by atoms with E-state index in [2.05, 4.69) is 15.5 Å². The molecular formula is C14H15N3O. The van der Waals surface area contributed by atoms with Crippen molar-refractivity contribution in [3.05, 3.63) is 42.5 Å². The first-order valence-electron chi connectivity index (χ1n) is 5.98. The topological polar surface area (TPSA) is 53.8 Å². The lowest BCUT2D eigenvalue weighted by atomic mass is 10.1. The van der Waals surface area contributed by atoms with Gasteiger partial charge in [0.15, 0.2) is 0 Å². The molecule has 4 nitrogen and oxygen atoms in total. The highest BCUT2D eigenvalue weighted by Gasteiger charge is 1.97. The highest BCUT2D eigenvalue weighted by Crippen LogP contribution is 2.21. The van der Waals surface area contributed by atoms with Crippen LogP contribution in [0.15, 0.2) is 52.7 Å². The van der Waals surface area contributed by atoms with Crippen LogP contribution < -0.4 is 5.32 Å². The molecule has 1 N–H and O–H groups in total. The maximum Gasteiger partial charge on any atom is 0.359 e. The Bertz CT molecular complexity index is 578. The van der Waals surface area contributed by atoms with Crippen LogP contribution in [0.2, 0.25) is 0 Å².